The largest absolute Gasteiger partial charge is 0.416 e. The van der Waals surface area contributed by atoms with Crippen LogP contribution in [0.5, 0.6) is 0 Å². The summed E-state index contributed by atoms with van der Waals surface area (Å²) in [5.74, 6) is -0.809. The maximum Gasteiger partial charge on any atom is 0.416 e. The van der Waals surface area contributed by atoms with Crippen molar-refractivity contribution in [2.24, 2.45) is 16.6 Å². The summed E-state index contributed by atoms with van der Waals surface area (Å²) >= 11 is 0. The molecule has 2 aromatic rings. The number of alkyl halides is 3. The zero-order valence-electron chi connectivity index (χ0n) is 20.6. The third-order valence-corrected chi connectivity index (χ3v) is 6.08. The quantitative estimate of drug-likeness (QED) is 0.171. The van der Waals surface area contributed by atoms with E-state index in [4.69, 9.17) is 21.0 Å². The second-order valence-electron chi connectivity index (χ2n) is 8.68. The molecule has 37 heavy (non-hydrogen) atoms. The molecule has 202 valence electrons. The maximum atomic E-state index is 13.4. The van der Waals surface area contributed by atoms with Gasteiger partial charge in [0, 0.05) is 31.5 Å². The van der Waals surface area contributed by atoms with Gasteiger partial charge in [-0.2, -0.15) is 13.2 Å². The van der Waals surface area contributed by atoms with Crippen molar-refractivity contribution in [2.45, 2.75) is 44.9 Å². The third-order valence-electron chi connectivity index (χ3n) is 6.08. The third kappa shape index (κ3) is 7.15. The molecule has 1 aliphatic heterocycles. The number of halogens is 3. The zero-order valence-corrected chi connectivity index (χ0v) is 20.6. The first-order valence-corrected chi connectivity index (χ1v) is 11.7. The minimum Gasteiger partial charge on any atom is -0.391 e. The molecule has 1 fully saturated rings. The lowest BCUT2D eigenvalue weighted by atomic mass is 9.97. The highest BCUT2D eigenvalue weighted by molar-refractivity contribution is 5.99. The number of nitrogens with zero attached hydrogens (tertiary/aromatic N) is 2. The van der Waals surface area contributed by atoms with Crippen molar-refractivity contribution in [3.8, 4) is 0 Å². The Hall–Kier alpha value is -3.74. The Kier molecular flexibility index (Phi) is 9.03. The van der Waals surface area contributed by atoms with Crippen molar-refractivity contribution in [3.63, 3.8) is 0 Å². The van der Waals surface area contributed by atoms with Crippen molar-refractivity contribution in [1.29, 1.82) is 0 Å². The van der Waals surface area contributed by atoms with Crippen molar-refractivity contribution in [1.82, 2.24) is 9.88 Å². The molecule has 3 rings (SSSR count). The summed E-state index contributed by atoms with van der Waals surface area (Å²) in [7, 11) is 0. The summed E-state index contributed by atoms with van der Waals surface area (Å²) in [6.07, 6.45) is -1.82. The van der Waals surface area contributed by atoms with Crippen molar-refractivity contribution in [2.75, 3.05) is 31.7 Å². The minimum absolute atomic E-state index is 0.0326. The normalized spacial score (nSPS) is 15.1. The van der Waals surface area contributed by atoms with Crippen molar-refractivity contribution >= 4 is 17.6 Å². The fourth-order valence-electron chi connectivity index (χ4n) is 4.26. The second-order valence-corrected chi connectivity index (χ2v) is 8.68. The van der Waals surface area contributed by atoms with E-state index in [1.165, 1.54) is 29.8 Å². The average molecular weight is 525 g/mol. The number of oxime groups is 1. The Labute approximate surface area is 211 Å². The van der Waals surface area contributed by atoms with Crippen LogP contribution in [0.2, 0.25) is 0 Å². The van der Waals surface area contributed by atoms with Crippen LogP contribution < -0.4 is 27.7 Å². The van der Waals surface area contributed by atoms with Gasteiger partial charge < -0.3 is 36.2 Å². The van der Waals surface area contributed by atoms with E-state index >= 15 is 0 Å². The van der Waals surface area contributed by atoms with Gasteiger partial charge in [0.1, 0.15) is 6.61 Å². The van der Waals surface area contributed by atoms with Crippen LogP contribution in [0.3, 0.4) is 0 Å². The maximum absolute atomic E-state index is 13.4. The summed E-state index contributed by atoms with van der Waals surface area (Å²) in [5, 5.41) is 9.14. The zero-order chi connectivity index (χ0) is 27.2. The highest BCUT2D eigenvalue weighted by atomic mass is 19.4. The van der Waals surface area contributed by atoms with E-state index in [-0.39, 0.29) is 47.5 Å². The number of hydrogen-bond donors (Lipinski definition) is 4. The van der Waals surface area contributed by atoms with E-state index in [0.29, 0.717) is 31.6 Å². The lowest BCUT2D eigenvalue weighted by molar-refractivity contribution is -0.138. The number of nitrogens with two attached hydrogens (primary N) is 2. The lowest BCUT2D eigenvalue weighted by Gasteiger charge is -2.26. The van der Waals surface area contributed by atoms with Gasteiger partial charge in [0.25, 0.3) is 11.5 Å². The Morgan fingerprint density at radius 1 is 1.30 bits per heavy atom. The lowest BCUT2D eigenvalue weighted by Crippen LogP contribution is -2.33. The number of carbonyl (C=O) groups is 1. The molecule has 1 aromatic heterocycles. The van der Waals surface area contributed by atoms with Crippen LogP contribution in [0.15, 0.2) is 40.4 Å². The number of nitrogens with one attached hydrogen (secondary N) is 2. The molecule has 6 N–H and O–H groups in total. The fourth-order valence-corrected chi connectivity index (χ4v) is 4.26. The molecule has 0 bridgehead atoms. The number of rotatable bonds is 9. The molecule has 0 radical (unpaired) electrons. The number of amides is 1. The number of aromatic nitrogens is 1. The van der Waals surface area contributed by atoms with E-state index < -0.39 is 23.7 Å². The molecule has 2 heterocycles. The molecule has 0 aliphatic carbocycles. The fraction of sp³-hybridized carbons (Fsp3) is 0.458. The molecule has 1 amide bonds. The van der Waals surface area contributed by atoms with Crippen LogP contribution in [-0.2, 0) is 15.8 Å². The molecule has 1 saturated heterocycles. The SMILES string of the molecule is Cc1c([C@@H](C)NC(=O)c2cn(C3CCOCC3)c(=O)cc2NCCON=C(N)N)cccc1C(F)(F)F. The second kappa shape index (κ2) is 12.0. The Morgan fingerprint density at radius 3 is 2.65 bits per heavy atom. The van der Waals surface area contributed by atoms with Gasteiger partial charge in [0.15, 0.2) is 0 Å². The van der Waals surface area contributed by atoms with Gasteiger partial charge in [-0.3, -0.25) is 9.59 Å². The van der Waals surface area contributed by atoms with E-state index in [1.807, 2.05) is 0 Å². The summed E-state index contributed by atoms with van der Waals surface area (Å²) < 4.78 is 47.0. The molecule has 1 aromatic carbocycles. The van der Waals surface area contributed by atoms with Gasteiger partial charge in [-0.05, 0) is 49.0 Å². The van der Waals surface area contributed by atoms with Gasteiger partial charge in [0.2, 0.25) is 5.96 Å². The number of guanidine groups is 1. The highest BCUT2D eigenvalue weighted by Gasteiger charge is 2.33. The molecular weight excluding hydrogens is 493 g/mol. The Bertz CT molecular complexity index is 1190. The number of benzene rings is 1. The Balaban J connectivity index is 1.88. The van der Waals surface area contributed by atoms with E-state index in [9.17, 15) is 22.8 Å². The van der Waals surface area contributed by atoms with Gasteiger partial charge in [-0.25, -0.2) is 0 Å². The van der Waals surface area contributed by atoms with E-state index in [1.54, 1.807) is 13.0 Å². The molecule has 10 nitrogen and oxygen atoms in total. The summed E-state index contributed by atoms with van der Waals surface area (Å²) in [6, 6.07) is 4.28. The molecule has 0 unspecified atom stereocenters. The molecule has 1 aliphatic rings. The first-order chi connectivity index (χ1) is 17.5. The van der Waals surface area contributed by atoms with Crippen molar-refractivity contribution < 1.29 is 27.5 Å². The topological polar surface area (TPSA) is 146 Å². The van der Waals surface area contributed by atoms with Crippen LogP contribution >= 0.6 is 0 Å². The number of ether oxygens (including phenoxy) is 1. The van der Waals surface area contributed by atoms with Gasteiger partial charge in [0.05, 0.1) is 29.4 Å². The standard InChI is InChI=1S/C24H31F3N6O4/c1-14-17(4-3-5-19(14)24(25,26)27)15(2)31-22(35)18-13-33(16-6-9-36-10-7-16)21(34)12-20(18)30-8-11-37-32-23(28)29/h3-5,12-13,15-16,30H,6-11H2,1-2H3,(H,31,35)(H4,28,29,32)/t15-/m1/s1. The average Bonchev–Trinajstić information content (AvgIpc) is 2.83. The van der Waals surface area contributed by atoms with Crippen LogP contribution in [0, 0.1) is 6.92 Å². The van der Waals surface area contributed by atoms with Gasteiger partial charge in [-0.1, -0.05) is 12.1 Å². The molecule has 1 atom stereocenters. The summed E-state index contributed by atoms with van der Waals surface area (Å²) in [6.45, 7) is 4.17. The van der Waals surface area contributed by atoms with Crippen LogP contribution in [0.25, 0.3) is 0 Å². The first-order valence-electron chi connectivity index (χ1n) is 11.7. The predicted molar refractivity (Wildman–Crippen MR) is 132 cm³/mol. The Morgan fingerprint density at radius 2 is 2.00 bits per heavy atom. The molecular formula is C24H31F3N6O4. The molecule has 0 saturated carbocycles. The van der Waals surface area contributed by atoms with E-state index in [2.05, 4.69) is 15.8 Å². The number of carbonyl (C=O) groups excluding carboxylic acids is 1. The summed E-state index contributed by atoms with van der Waals surface area (Å²) in [5.41, 5.74) is 10.1. The van der Waals surface area contributed by atoms with Crippen molar-refractivity contribution in [3.05, 3.63) is 63.1 Å². The minimum atomic E-state index is -4.51. The van der Waals surface area contributed by atoms with Gasteiger partial charge >= 0.3 is 6.18 Å². The number of hydrogen-bond acceptors (Lipinski definition) is 6. The first kappa shape index (κ1) is 27.8. The molecule has 0 spiro atoms. The molecule has 13 heteroatoms. The highest BCUT2D eigenvalue weighted by Crippen LogP contribution is 2.34. The van der Waals surface area contributed by atoms with E-state index in [0.717, 1.165) is 6.07 Å². The number of pyridine rings is 1. The smallest absolute Gasteiger partial charge is 0.391 e. The van der Waals surface area contributed by atoms with Crippen LogP contribution in [-0.4, -0.2) is 42.8 Å². The number of anilines is 1. The van der Waals surface area contributed by atoms with Crippen LogP contribution in [0.4, 0.5) is 18.9 Å². The predicted octanol–water partition coefficient (Wildman–Crippen LogP) is 2.63. The van der Waals surface area contributed by atoms with Gasteiger partial charge in [-0.15, -0.1) is 0 Å². The monoisotopic (exact) mass is 524 g/mol. The van der Waals surface area contributed by atoms with Crippen LogP contribution in [0.1, 0.15) is 58.9 Å². The summed E-state index contributed by atoms with van der Waals surface area (Å²) in [4.78, 5) is 31.2.